The Morgan fingerprint density at radius 2 is 1.52 bits per heavy atom. The van der Waals surface area contributed by atoms with Crippen molar-refractivity contribution in [3.8, 4) is 0 Å². The highest BCUT2D eigenvalue weighted by Gasteiger charge is 2.76. The number of anilines is 1. The van der Waals surface area contributed by atoms with Gasteiger partial charge >= 0.3 is 23.9 Å². The van der Waals surface area contributed by atoms with E-state index in [1.807, 2.05) is 0 Å². The van der Waals surface area contributed by atoms with Crippen LogP contribution in [0.2, 0.25) is 0 Å². The number of esters is 1. The molecule has 1 aromatic rings. The van der Waals surface area contributed by atoms with Gasteiger partial charge in [-0.2, -0.15) is 34.8 Å². The maximum atomic E-state index is 13.2. The Morgan fingerprint density at radius 1 is 1.03 bits per heavy atom. The number of hydrogen-bond donors (Lipinski definition) is 1. The lowest BCUT2D eigenvalue weighted by Gasteiger charge is -2.35. The summed E-state index contributed by atoms with van der Waals surface area (Å²) >= 11 is 0. The fraction of sp³-hybridized carbons (Fsp3) is 0.312. The first-order chi connectivity index (χ1) is 13.9. The average Bonchev–Trinajstić information content (AvgIpc) is 2.83. The summed E-state index contributed by atoms with van der Waals surface area (Å²) < 4.78 is 113. The largest absolute Gasteiger partial charge is 0.438 e. The van der Waals surface area contributed by atoms with E-state index < -0.39 is 57.2 Å². The first-order valence-corrected chi connectivity index (χ1v) is 9.49. The Hall–Kier alpha value is -2.94. The summed E-state index contributed by atoms with van der Waals surface area (Å²) in [6.07, 6.45) is -11.9. The minimum Gasteiger partial charge on any atom is -0.435 e. The van der Waals surface area contributed by atoms with Crippen LogP contribution in [0.25, 0.3) is 0 Å². The van der Waals surface area contributed by atoms with E-state index in [-0.39, 0.29) is 11.3 Å². The number of ether oxygens (including phenoxy) is 1. The van der Waals surface area contributed by atoms with Crippen LogP contribution < -0.4 is 4.90 Å². The minimum absolute atomic E-state index is 0.0684. The van der Waals surface area contributed by atoms with Gasteiger partial charge in [0.25, 0.3) is 21.9 Å². The molecule has 0 unspecified atom stereocenters. The first-order valence-electron chi connectivity index (χ1n) is 7.88. The Bertz CT molecular complexity index is 1040. The summed E-state index contributed by atoms with van der Waals surface area (Å²) in [5.41, 5.74) is -6.51. The quantitative estimate of drug-likeness (QED) is 0.301. The van der Waals surface area contributed by atoms with E-state index in [1.54, 1.807) is 0 Å². The van der Waals surface area contributed by atoms with Gasteiger partial charge in [0.1, 0.15) is 5.75 Å². The first kappa shape index (κ1) is 24.3. The molecule has 0 aromatic heterocycles. The molecule has 0 saturated heterocycles. The highest BCUT2D eigenvalue weighted by Crippen LogP contribution is 2.47. The van der Waals surface area contributed by atoms with Gasteiger partial charge in [-0.05, 0) is 31.2 Å². The van der Waals surface area contributed by atoms with Crippen molar-refractivity contribution in [3.63, 3.8) is 0 Å². The van der Waals surface area contributed by atoms with Crippen LogP contribution in [0.15, 0.2) is 35.9 Å². The number of halogens is 6. The van der Waals surface area contributed by atoms with Crippen LogP contribution >= 0.6 is 0 Å². The molecule has 0 bridgehead atoms. The third kappa shape index (κ3) is 4.71. The number of carbonyl (C=O) groups excluding carboxylic acids is 3. The van der Waals surface area contributed by atoms with Crippen molar-refractivity contribution in [2.24, 2.45) is 0 Å². The number of hydrogen-bond acceptors (Lipinski definition) is 6. The zero-order valence-corrected chi connectivity index (χ0v) is 15.9. The molecule has 1 aliphatic heterocycles. The van der Waals surface area contributed by atoms with E-state index in [9.17, 15) is 49.1 Å². The van der Waals surface area contributed by atoms with Gasteiger partial charge in [-0.1, -0.05) is 0 Å². The van der Waals surface area contributed by atoms with Crippen molar-refractivity contribution in [1.29, 1.82) is 0 Å². The SMILES string of the molecule is CC1=CC(=O)N(c2ccc(C(=O)OC(CS(=O)(=O)O)(C(F)(F)F)C(F)(F)F)cc2)C1=O. The van der Waals surface area contributed by atoms with E-state index in [4.69, 9.17) is 4.55 Å². The number of amides is 2. The predicted molar refractivity (Wildman–Crippen MR) is 89.4 cm³/mol. The number of benzene rings is 1. The second-order valence-electron chi connectivity index (χ2n) is 6.29. The van der Waals surface area contributed by atoms with Crippen LogP contribution in [-0.2, 0) is 24.4 Å². The molecule has 8 nitrogen and oxygen atoms in total. The third-order valence-electron chi connectivity index (χ3n) is 4.03. The number of imide groups is 1. The minimum atomic E-state index is -6.46. The van der Waals surface area contributed by atoms with Gasteiger partial charge in [-0.3, -0.25) is 14.1 Å². The van der Waals surface area contributed by atoms with Crippen LogP contribution in [0.4, 0.5) is 32.0 Å². The van der Waals surface area contributed by atoms with Gasteiger partial charge in [0.15, 0.2) is 0 Å². The number of carbonyl (C=O) groups is 3. The van der Waals surface area contributed by atoms with E-state index >= 15 is 0 Å². The summed E-state index contributed by atoms with van der Waals surface area (Å²) in [6, 6.07) is 3.09. The second-order valence-corrected chi connectivity index (χ2v) is 7.74. The lowest BCUT2D eigenvalue weighted by molar-refractivity contribution is -0.356. The van der Waals surface area contributed by atoms with Crippen molar-refractivity contribution in [2.45, 2.75) is 24.9 Å². The Balaban J connectivity index is 2.40. The van der Waals surface area contributed by atoms with Crippen LogP contribution in [-0.4, -0.2) is 54.5 Å². The summed E-state index contributed by atoms with van der Waals surface area (Å²) in [5.74, 6) is -6.74. The molecule has 15 heteroatoms. The molecule has 0 atom stereocenters. The molecule has 0 fully saturated rings. The highest BCUT2D eigenvalue weighted by molar-refractivity contribution is 7.85. The molecule has 0 radical (unpaired) electrons. The van der Waals surface area contributed by atoms with Gasteiger partial charge in [-0.25, -0.2) is 9.69 Å². The molecule has 31 heavy (non-hydrogen) atoms. The standard InChI is InChI=1S/C16H11F6NO7S/c1-8-6-11(24)23(12(8)25)10-4-2-9(3-5-10)13(26)30-14(15(17,18)19,16(20,21)22)7-31(27,28)29/h2-6H,7H2,1H3,(H,27,28,29). The van der Waals surface area contributed by atoms with Crippen LogP contribution in [0, 0.1) is 0 Å². The van der Waals surface area contributed by atoms with E-state index in [0.717, 1.165) is 18.2 Å². The van der Waals surface area contributed by atoms with Crippen molar-refractivity contribution in [3.05, 3.63) is 41.5 Å². The topological polar surface area (TPSA) is 118 Å². The molecule has 1 aromatic carbocycles. The molecular formula is C16H11F6NO7S. The molecule has 0 aliphatic carbocycles. The monoisotopic (exact) mass is 475 g/mol. The van der Waals surface area contributed by atoms with Crippen molar-refractivity contribution in [1.82, 2.24) is 0 Å². The van der Waals surface area contributed by atoms with Gasteiger partial charge in [0.05, 0.1) is 11.3 Å². The Kier molecular flexibility index (Phi) is 5.99. The lowest BCUT2D eigenvalue weighted by Crippen LogP contribution is -2.63. The molecule has 1 N–H and O–H groups in total. The summed E-state index contributed by atoms with van der Waals surface area (Å²) in [7, 11) is -5.92. The number of alkyl halides is 6. The van der Waals surface area contributed by atoms with Crippen molar-refractivity contribution < 1.29 is 58.4 Å². The number of nitrogens with zero attached hydrogens (tertiary/aromatic N) is 1. The maximum Gasteiger partial charge on any atom is 0.438 e. The zero-order valence-electron chi connectivity index (χ0n) is 15.1. The summed E-state index contributed by atoms with van der Waals surface area (Å²) in [5, 5.41) is 0. The fourth-order valence-electron chi connectivity index (χ4n) is 2.52. The molecule has 1 heterocycles. The van der Waals surface area contributed by atoms with Gasteiger partial charge in [-0.15, -0.1) is 0 Å². The normalized spacial score (nSPS) is 15.9. The summed E-state index contributed by atoms with van der Waals surface area (Å²) in [4.78, 5) is 36.3. The molecule has 0 spiro atoms. The Morgan fingerprint density at radius 3 is 1.87 bits per heavy atom. The molecule has 0 saturated carbocycles. The van der Waals surface area contributed by atoms with Crippen LogP contribution in [0.3, 0.4) is 0 Å². The molecule has 170 valence electrons. The van der Waals surface area contributed by atoms with E-state index in [0.29, 0.717) is 17.0 Å². The number of rotatable bonds is 5. The third-order valence-corrected chi connectivity index (χ3v) is 4.80. The second kappa shape index (κ2) is 7.64. The van der Waals surface area contributed by atoms with E-state index in [1.165, 1.54) is 6.92 Å². The molecule has 2 rings (SSSR count). The van der Waals surface area contributed by atoms with Gasteiger partial charge in [0.2, 0.25) is 0 Å². The van der Waals surface area contributed by atoms with Crippen molar-refractivity contribution in [2.75, 3.05) is 10.7 Å². The maximum absolute atomic E-state index is 13.2. The smallest absolute Gasteiger partial charge is 0.435 e. The zero-order chi connectivity index (χ0) is 24.0. The molecular weight excluding hydrogens is 464 g/mol. The lowest BCUT2D eigenvalue weighted by atomic mass is 10.1. The molecule has 2 amide bonds. The van der Waals surface area contributed by atoms with Gasteiger partial charge < -0.3 is 4.74 Å². The summed E-state index contributed by atoms with van der Waals surface area (Å²) in [6.45, 7) is 1.33. The highest BCUT2D eigenvalue weighted by atomic mass is 32.2. The predicted octanol–water partition coefficient (Wildman–Crippen LogP) is 2.41. The Labute approximate surface area is 169 Å². The van der Waals surface area contributed by atoms with Crippen molar-refractivity contribution >= 4 is 33.6 Å². The van der Waals surface area contributed by atoms with Gasteiger partial charge in [0, 0.05) is 11.6 Å². The molecule has 1 aliphatic rings. The fourth-order valence-corrected chi connectivity index (χ4v) is 3.42. The van der Waals surface area contributed by atoms with Crippen LogP contribution in [0.5, 0.6) is 0 Å². The van der Waals surface area contributed by atoms with E-state index in [2.05, 4.69) is 4.74 Å². The van der Waals surface area contributed by atoms with Crippen LogP contribution in [0.1, 0.15) is 17.3 Å². The average molecular weight is 475 g/mol.